The zero-order valence-corrected chi connectivity index (χ0v) is 18.1. The Hall–Kier alpha value is -3.28. The predicted molar refractivity (Wildman–Crippen MR) is 114 cm³/mol. The summed E-state index contributed by atoms with van der Waals surface area (Å²) in [6.07, 6.45) is 1.41. The number of rotatable bonds is 7. The summed E-state index contributed by atoms with van der Waals surface area (Å²) in [6, 6.07) is 11.2. The smallest absolute Gasteiger partial charge is 0.312 e. The lowest BCUT2D eigenvalue weighted by atomic mass is 10.1. The number of ether oxygens (including phenoxy) is 2. The van der Waals surface area contributed by atoms with Crippen molar-refractivity contribution in [1.29, 1.82) is 0 Å². The van der Waals surface area contributed by atoms with Crippen LogP contribution in [0.4, 0.5) is 5.69 Å². The molecule has 4 rings (SSSR count). The fourth-order valence-electron chi connectivity index (χ4n) is 3.21. The third kappa shape index (κ3) is 4.64. The van der Waals surface area contributed by atoms with Gasteiger partial charge in [0.2, 0.25) is 15.9 Å². The van der Waals surface area contributed by atoms with E-state index in [4.69, 9.17) is 13.9 Å². The summed E-state index contributed by atoms with van der Waals surface area (Å²) in [7, 11) is -3.87. The van der Waals surface area contributed by atoms with Crippen molar-refractivity contribution >= 4 is 15.7 Å². The molecule has 10 nitrogen and oxygen atoms in total. The Morgan fingerprint density at radius 1 is 1.16 bits per heavy atom. The van der Waals surface area contributed by atoms with Gasteiger partial charge in [0.05, 0.1) is 23.0 Å². The van der Waals surface area contributed by atoms with Gasteiger partial charge >= 0.3 is 5.69 Å². The summed E-state index contributed by atoms with van der Waals surface area (Å²) in [5, 5.41) is 11.6. The Kier molecular flexibility index (Phi) is 6.21. The molecule has 32 heavy (non-hydrogen) atoms. The van der Waals surface area contributed by atoms with E-state index in [0.717, 1.165) is 17.2 Å². The normalized spacial score (nSPS) is 14.9. The van der Waals surface area contributed by atoms with Crippen LogP contribution in [0, 0.1) is 17.0 Å². The van der Waals surface area contributed by atoms with E-state index >= 15 is 0 Å². The van der Waals surface area contributed by atoms with E-state index < -0.39 is 20.6 Å². The maximum absolute atomic E-state index is 12.8. The number of hydrogen-bond acceptors (Lipinski definition) is 8. The van der Waals surface area contributed by atoms with Crippen molar-refractivity contribution in [2.24, 2.45) is 0 Å². The van der Waals surface area contributed by atoms with E-state index in [2.05, 4.69) is 4.98 Å². The first kappa shape index (κ1) is 21.9. The van der Waals surface area contributed by atoms with Crippen LogP contribution in [0.25, 0.3) is 11.5 Å². The van der Waals surface area contributed by atoms with Gasteiger partial charge in [-0.25, -0.2) is 13.4 Å². The van der Waals surface area contributed by atoms with Crippen molar-refractivity contribution in [3.05, 3.63) is 70.1 Å². The molecular weight excluding hydrogens is 438 g/mol. The van der Waals surface area contributed by atoms with E-state index in [1.54, 1.807) is 0 Å². The van der Waals surface area contributed by atoms with Gasteiger partial charge in [0.1, 0.15) is 18.6 Å². The highest BCUT2D eigenvalue weighted by Gasteiger charge is 2.29. The summed E-state index contributed by atoms with van der Waals surface area (Å²) in [4.78, 5) is 15.1. The number of nitro benzene ring substituents is 1. The largest absolute Gasteiger partial charge is 0.480 e. The summed E-state index contributed by atoms with van der Waals surface area (Å²) >= 11 is 0. The van der Waals surface area contributed by atoms with Gasteiger partial charge in [-0.2, -0.15) is 4.31 Å². The highest BCUT2D eigenvalue weighted by atomic mass is 32.2. The maximum atomic E-state index is 12.8. The van der Waals surface area contributed by atoms with Crippen molar-refractivity contribution < 1.29 is 27.2 Å². The Balaban J connectivity index is 1.52. The molecule has 2 aromatic carbocycles. The minimum Gasteiger partial charge on any atom is -0.480 e. The minimum atomic E-state index is -3.87. The van der Waals surface area contributed by atoms with E-state index in [-0.39, 0.29) is 43.6 Å². The van der Waals surface area contributed by atoms with Gasteiger partial charge < -0.3 is 13.9 Å². The number of benzene rings is 2. The second kappa shape index (κ2) is 9.07. The molecule has 0 unspecified atom stereocenters. The van der Waals surface area contributed by atoms with Crippen molar-refractivity contribution in [3.63, 3.8) is 0 Å². The maximum Gasteiger partial charge on any atom is 0.312 e. The molecule has 2 heterocycles. The third-order valence-corrected chi connectivity index (χ3v) is 6.86. The quantitative estimate of drug-likeness (QED) is 0.390. The Morgan fingerprint density at radius 2 is 1.88 bits per heavy atom. The number of oxazole rings is 1. The van der Waals surface area contributed by atoms with E-state index in [1.165, 1.54) is 22.7 Å². The van der Waals surface area contributed by atoms with Crippen molar-refractivity contribution in [1.82, 2.24) is 9.29 Å². The lowest BCUT2D eigenvalue weighted by Crippen LogP contribution is -2.40. The Bertz CT molecular complexity index is 1220. The number of hydrogen-bond donors (Lipinski definition) is 0. The number of nitrogens with zero attached hydrogens (tertiary/aromatic N) is 3. The van der Waals surface area contributed by atoms with Crippen molar-refractivity contribution in [2.75, 3.05) is 26.3 Å². The van der Waals surface area contributed by atoms with Crippen molar-refractivity contribution in [2.45, 2.75) is 18.4 Å². The number of aryl methyl sites for hydroxylation is 1. The van der Waals surface area contributed by atoms with Crippen molar-refractivity contribution in [3.8, 4) is 17.2 Å². The van der Waals surface area contributed by atoms with Crippen LogP contribution in [-0.2, 0) is 21.4 Å². The van der Waals surface area contributed by atoms with Crippen LogP contribution < -0.4 is 4.74 Å². The highest BCUT2D eigenvalue weighted by molar-refractivity contribution is 7.89. The summed E-state index contributed by atoms with van der Waals surface area (Å²) in [6.45, 7) is 2.86. The molecule has 0 N–H and O–H groups in total. The SMILES string of the molecule is Cc1ccc(-c2nc(COc3ccc(S(=O)(=O)N4CCOCC4)cc3[N+](=O)[O-])co2)cc1. The van der Waals surface area contributed by atoms with E-state index in [0.29, 0.717) is 11.6 Å². The molecule has 3 aromatic rings. The van der Waals surface area contributed by atoms with Gasteiger partial charge in [0.15, 0.2) is 5.75 Å². The molecule has 0 amide bonds. The first-order valence-electron chi connectivity index (χ1n) is 9.85. The number of nitro groups is 1. The number of sulfonamides is 1. The lowest BCUT2D eigenvalue weighted by Gasteiger charge is -2.26. The molecule has 1 fully saturated rings. The molecule has 1 aromatic heterocycles. The van der Waals surface area contributed by atoms with Crippen LogP contribution in [0.5, 0.6) is 5.75 Å². The van der Waals surface area contributed by atoms with Crippen LogP contribution in [0.1, 0.15) is 11.3 Å². The summed E-state index contributed by atoms with van der Waals surface area (Å²) in [5.74, 6) is 0.348. The third-order valence-electron chi connectivity index (χ3n) is 4.96. The minimum absolute atomic E-state index is 0.0594. The monoisotopic (exact) mass is 459 g/mol. The zero-order chi connectivity index (χ0) is 22.7. The standard InChI is InChI=1S/C21H21N3O7S/c1-15-2-4-16(5-3-15)21-22-17(14-31-21)13-30-20-7-6-18(12-19(20)24(25)26)32(27,28)23-8-10-29-11-9-23/h2-7,12,14H,8-11,13H2,1H3. The molecule has 168 valence electrons. The van der Waals surface area contributed by atoms with Gasteiger partial charge in [-0.1, -0.05) is 17.7 Å². The molecule has 0 bridgehead atoms. The number of aromatic nitrogens is 1. The van der Waals surface area contributed by atoms with Crippen LogP contribution >= 0.6 is 0 Å². The van der Waals surface area contributed by atoms with Gasteiger partial charge in [-0.3, -0.25) is 10.1 Å². The number of morpholine rings is 1. The first-order valence-corrected chi connectivity index (χ1v) is 11.3. The molecular formula is C21H21N3O7S. The topological polar surface area (TPSA) is 125 Å². The van der Waals surface area contributed by atoms with E-state index in [1.807, 2.05) is 31.2 Å². The fraction of sp³-hybridized carbons (Fsp3) is 0.286. The molecule has 0 spiro atoms. The Morgan fingerprint density at radius 3 is 2.56 bits per heavy atom. The second-order valence-corrected chi connectivity index (χ2v) is 9.14. The molecule has 1 aliphatic rings. The van der Waals surface area contributed by atoms with Gasteiger partial charge in [0, 0.05) is 24.7 Å². The first-order chi connectivity index (χ1) is 15.3. The lowest BCUT2D eigenvalue weighted by molar-refractivity contribution is -0.386. The molecule has 0 atom stereocenters. The molecule has 0 aliphatic carbocycles. The second-order valence-electron chi connectivity index (χ2n) is 7.20. The molecule has 0 saturated carbocycles. The summed E-state index contributed by atoms with van der Waals surface area (Å²) < 4.78 is 43.1. The Labute approximate surface area is 184 Å². The average molecular weight is 459 g/mol. The average Bonchev–Trinajstić information content (AvgIpc) is 3.27. The fourth-order valence-corrected chi connectivity index (χ4v) is 4.64. The molecule has 0 radical (unpaired) electrons. The van der Waals surface area contributed by atoms with Gasteiger partial charge in [0.25, 0.3) is 0 Å². The molecule has 1 aliphatic heterocycles. The van der Waals surface area contributed by atoms with Crippen LogP contribution in [0.3, 0.4) is 0 Å². The predicted octanol–water partition coefficient (Wildman–Crippen LogP) is 3.16. The van der Waals surface area contributed by atoms with Crippen LogP contribution in [0.2, 0.25) is 0 Å². The zero-order valence-electron chi connectivity index (χ0n) is 17.3. The van der Waals surface area contributed by atoms with Crippen LogP contribution in [-0.4, -0.2) is 48.9 Å². The molecule has 11 heteroatoms. The van der Waals surface area contributed by atoms with Crippen LogP contribution in [0.15, 0.2) is 58.0 Å². The highest BCUT2D eigenvalue weighted by Crippen LogP contribution is 2.32. The summed E-state index contributed by atoms with van der Waals surface area (Å²) in [5.41, 5.74) is 1.90. The van der Waals surface area contributed by atoms with Gasteiger partial charge in [-0.15, -0.1) is 0 Å². The van der Waals surface area contributed by atoms with E-state index in [9.17, 15) is 18.5 Å². The molecule has 1 saturated heterocycles. The van der Waals surface area contributed by atoms with Gasteiger partial charge in [-0.05, 0) is 31.2 Å².